The molecule has 0 N–H and O–H groups in total. The molecule has 0 bridgehead atoms. The molecule has 0 atom stereocenters. The van der Waals surface area contributed by atoms with E-state index in [4.69, 9.17) is 10.00 Å². The number of nitrogens with zero attached hydrogens (tertiary/aromatic N) is 2. The fourth-order valence-corrected chi connectivity index (χ4v) is 2.80. The van der Waals surface area contributed by atoms with Crippen LogP contribution in [-0.2, 0) is 6.42 Å². The van der Waals surface area contributed by atoms with Gasteiger partial charge in [-0.1, -0.05) is 20.3 Å². The molecule has 20 heavy (non-hydrogen) atoms. The first kappa shape index (κ1) is 14.5. The molecular weight excluding hydrogens is 268 g/mol. The second kappa shape index (κ2) is 7.06. The average Bonchev–Trinajstić information content (AvgIpc) is 2.89. The molecular formula is C16H18N2OS. The monoisotopic (exact) mass is 286 g/mol. The number of aryl methyl sites for hydroxylation is 1. The number of ether oxygens (including phenoxy) is 1. The predicted molar refractivity (Wildman–Crippen MR) is 82.0 cm³/mol. The van der Waals surface area contributed by atoms with E-state index in [0.29, 0.717) is 0 Å². The van der Waals surface area contributed by atoms with Crippen LogP contribution in [0.5, 0.6) is 5.75 Å². The molecule has 0 radical (unpaired) electrons. The molecule has 1 aromatic carbocycles. The zero-order valence-electron chi connectivity index (χ0n) is 11.8. The molecule has 0 amide bonds. The SMILES string of the molecule is CCCOc1ccc(-c2nc(CCC)c(C#N)s2)cc1. The standard InChI is InChI=1S/C16H18N2OS/c1-3-5-14-15(11-17)20-16(18-14)12-6-8-13(9-7-12)19-10-4-2/h6-9H,3-5,10H2,1-2H3. The molecule has 104 valence electrons. The van der Waals surface area contributed by atoms with E-state index in [9.17, 15) is 0 Å². The smallest absolute Gasteiger partial charge is 0.128 e. The summed E-state index contributed by atoms with van der Waals surface area (Å²) in [6.07, 6.45) is 2.86. The van der Waals surface area contributed by atoms with Crippen LogP contribution in [0.3, 0.4) is 0 Å². The lowest BCUT2D eigenvalue weighted by Crippen LogP contribution is -1.94. The lowest BCUT2D eigenvalue weighted by molar-refractivity contribution is 0.317. The molecule has 0 unspecified atom stereocenters. The maximum absolute atomic E-state index is 9.15. The van der Waals surface area contributed by atoms with Crippen LogP contribution in [0, 0.1) is 11.3 Å². The van der Waals surface area contributed by atoms with Crippen LogP contribution in [-0.4, -0.2) is 11.6 Å². The summed E-state index contributed by atoms with van der Waals surface area (Å²) in [7, 11) is 0. The first-order valence-corrected chi connectivity index (χ1v) is 7.73. The first-order valence-electron chi connectivity index (χ1n) is 6.91. The van der Waals surface area contributed by atoms with E-state index < -0.39 is 0 Å². The van der Waals surface area contributed by atoms with Crippen LogP contribution in [0.4, 0.5) is 0 Å². The van der Waals surface area contributed by atoms with Gasteiger partial charge in [0.15, 0.2) is 0 Å². The summed E-state index contributed by atoms with van der Waals surface area (Å²) >= 11 is 1.46. The van der Waals surface area contributed by atoms with E-state index in [0.717, 1.165) is 52.8 Å². The number of thiazole rings is 1. The Morgan fingerprint density at radius 3 is 2.55 bits per heavy atom. The summed E-state index contributed by atoms with van der Waals surface area (Å²) in [6.45, 7) is 4.92. The Bertz CT molecular complexity index is 596. The summed E-state index contributed by atoms with van der Waals surface area (Å²) in [5.74, 6) is 0.876. The van der Waals surface area contributed by atoms with E-state index >= 15 is 0 Å². The summed E-state index contributed by atoms with van der Waals surface area (Å²) in [4.78, 5) is 5.32. The van der Waals surface area contributed by atoms with Gasteiger partial charge in [-0.2, -0.15) is 5.26 Å². The number of benzene rings is 1. The highest BCUT2D eigenvalue weighted by Gasteiger charge is 2.11. The Hall–Kier alpha value is -1.86. The second-order valence-corrected chi connectivity index (χ2v) is 5.53. The van der Waals surface area contributed by atoms with Gasteiger partial charge < -0.3 is 4.74 Å². The van der Waals surface area contributed by atoms with Gasteiger partial charge in [-0.25, -0.2) is 4.98 Å². The minimum Gasteiger partial charge on any atom is -0.494 e. The third kappa shape index (κ3) is 3.37. The fourth-order valence-electron chi connectivity index (χ4n) is 1.88. The molecule has 3 nitrogen and oxygen atoms in total. The van der Waals surface area contributed by atoms with Crippen molar-refractivity contribution in [2.75, 3.05) is 6.61 Å². The predicted octanol–water partition coefficient (Wildman–Crippen LogP) is 4.42. The van der Waals surface area contributed by atoms with Gasteiger partial charge in [0.1, 0.15) is 21.7 Å². The minimum atomic E-state index is 0.730. The molecule has 2 rings (SSSR count). The zero-order chi connectivity index (χ0) is 14.4. The summed E-state index contributed by atoms with van der Waals surface area (Å²) in [6, 6.07) is 10.2. The third-order valence-corrected chi connectivity index (χ3v) is 3.91. The molecule has 1 heterocycles. The van der Waals surface area contributed by atoms with Crippen molar-refractivity contribution in [2.24, 2.45) is 0 Å². The van der Waals surface area contributed by atoms with Crippen LogP contribution in [0.15, 0.2) is 24.3 Å². The molecule has 0 fully saturated rings. The minimum absolute atomic E-state index is 0.730. The summed E-state index contributed by atoms with van der Waals surface area (Å²) in [5, 5.41) is 10.1. The third-order valence-electron chi connectivity index (χ3n) is 2.86. The van der Waals surface area contributed by atoms with Gasteiger partial charge in [0.25, 0.3) is 0 Å². The maximum Gasteiger partial charge on any atom is 0.128 e. The van der Waals surface area contributed by atoms with Gasteiger partial charge >= 0.3 is 0 Å². The number of aromatic nitrogens is 1. The Morgan fingerprint density at radius 1 is 1.20 bits per heavy atom. The lowest BCUT2D eigenvalue weighted by atomic mass is 10.2. The number of hydrogen-bond acceptors (Lipinski definition) is 4. The first-order chi connectivity index (χ1) is 9.78. The van der Waals surface area contributed by atoms with Crippen LogP contribution in [0.1, 0.15) is 37.3 Å². The van der Waals surface area contributed by atoms with Gasteiger partial charge in [-0.15, -0.1) is 11.3 Å². The maximum atomic E-state index is 9.15. The molecule has 2 aromatic rings. The molecule has 4 heteroatoms. The van der Waals surface area contributed by atoms with E-state index in [-0.39, 0.29) is 0 Å². The summed E-state index contributed by atoms with van der Waals surface area (Å²) in [5.41, 5.74) is 1.96. The second-order valence-electron chi connectivity index (χ2n) is 4.53. The Balaban J connectivity index is 2.21. The van der Waals surface area contributed by atoms with Crippen molar-refractivity contribution in [2.45, 2.75) is 33.1 Å². The van der Waals surface area contributed by atoms with Crippen molar-refractivity contribution < 1.29 is 4.74 Å². The van der Waals surface area contributed by atoms with E-state index in [1.54, 1.807) is 0 Å². The molecule has 0 aliphatic heterocycles. The Labute approximate surface area is 123 Å². The van der Waals surface area contributed by atoms with Gasteiger partial charge in [-0.05, 0) is 37.1 Å². The number of hydrogen-bond donors (Lipinski definition) is 0. The highest BCUT2D eigenvalue weighted by Crippen LogP contribution is 2.29. The van der Waals surface area contributed by atoms with Crippen molar-refractivity contribution in [3.63, 3.8) is 0 Å². The van der Waals surface area contributed by atoms with Crippen molar-refractivity contribution in [1.82, 2.24) is 4.98 Å². The van der Waals surface area contributed by atoms with Gasteiger partial charge in [0.2, 0.25) is 0 Å². The fraction of sp³-hybridized carbons (Fsp3) is 0.375. The Kier molecular flexibility index (Phi) is 5.14. The van der Waals surface area contributed by atoms with E-state index in [1.165, 1.54) is 11.3 Å². The largest absolute Gasteiger partial charge is 0.494 e. The van der Waals surface area contributed by atoms with Crippen LogP contribution < -0.4 is 4.74 Å². The van der Waals surface area contributed by atoms with Crippen molar-refractivity contribution in [3.05, 3.63) is 34.8 Å². The van der Waals surface area contributed by atoms with Gasteiger partial charge in [0, 0.05) is 5.56 Å². The summed E-state index contributed by atoms with van der Waals surface area (Å²) < 4.78 is 5.57. The average molecular weight is 286 g/mol. The van der Waals surface area contributed by atoms with E-state index in [2.05, 4.69) is 24.9 Å². The number of nitriles is 1. The van der Waals surface area contributed by atoms with Crippen molar-refractivity contribution in [3.8, 4) is 22.4 Å². The molecule has 0 aliphatic carbocycles. The molecule has 0 spiro atoms. The van der Waals surface area contributed by atoms with Crippen LogP contribution in [0.2, 0.25) is 0 Å². The van der Waals surface area contributed by atoms with Crippen molar-refractivity contribution in [1.29, 1.82) is 5.26 Å². The highest BCUT2D eigenvalue weighted by atomic mass is 32.1. The zero-order valence-corrected chi connectivity index (χ0v) is 12.7. The molecule has 0 aliphatic rings. The topological polar surface area (TPSA) is 45.9 Å². The van der Waals surface area contributed by atoms with Gasteiger partial charge in [0.05, 0.1) is 12.3 Å². The van der Waals surface area contributed by atoms with Gasteiger partial charge in [-0.3, -0.25) is 0 Å². The molecule has 1 aromatic heterocycles. The quantitative estimate of drug-likeness (QED) is 0.789. The van der Waals surface area contributed by atoms with Crippen LogP contribution in [0.25, 0.3) is 10.6 Å². The van der Waals surface area contributed by atoms with Crippen LogP contribution >= 0.6 is 11.3 Å². The van der Waals surface area contributed by atoms with E-state index in [1.807, 2.05) is 24.3 Å². The molecule has 0 saturated heterocycles. The highest BCUT2D eigenvalue weighted by molar-refractivity contribution is 7.15. The number of rotatable bonds is 6. The Morgan fingerprint density at radius 2 is 1.95 bits per heavy atom. The normalized spacial score (nSPS) is 10.2. The van der Waals surface area contributed by atoms with Crippen molar-refractivity contribution >= 4 is 11.3 Å². The lowest BCUT2D eigenvalue weighted by Gasteiger charge is -2.04. The molecule has 0 saturated carbocycles.